The van der Waals surface area contributed by atoms with Crippen LogP contribution in [0.4, 0.5) is 0 Å². The Kier molecular flexibility index (Phi) is 7.51. The zero-order chi connectivity index (χ0) is 9.40. The second-order valence-corrected chi connectivity index (χ2v) is 3.33. The topological polar surface area (TPSA) is 21.3 Å². The number of nitrogens with one attached hydrogen (secondary N) is 1. The Bertz CT molecular complexity index is 91.8. The van der Waals surface area contributed by atoms with Crippen molar-refractivity contribution in [1.82, 2.24) is 5.32 Å². The second kappa shape index (κ2) is 7.56. The molecule has 2 unspecified atom stereocenters. The summed E-state index contributed by atoms with van der Waals surface area (Å²) in [5, 5.41) is 3.22. The van der Waals surface area contributed by atoms with Crippen molar-refractivity contribution in [3.8, 4) is 0 Å². The third kappa shape index (κ3) is 5.56. The molecule has 0 aromatic carbocycles. The van der Waals surface area contributed by atoms with Crippen molar-refractivity contribution in [2.45, 2.75) is 52.2 Å². The summed E-state index contributed by atoms with van der Waals surface area (Å²) < 4.78 is 5.66. The molecule has 0 aliphatic rings. The fourth-order valence-corrected chi connectivity index (χ4v) is 1.18. The van der Waals surface area contributed by atoms with Crippen molar-refractivity contribution < 1.29 is 4.74 Å². The van der Waals surface area contributed by atoms with E-state index in [-0.39, 0.29) is 0 Å². The van der Waals surface area contributed by atoms with E-state index in [2.05, 4.69) is 26.1 Å². The van der Waals surface area contributed by atoms with Crippen LogP contribution in [0.25, 0.3) is 0 Å². The number of hydrogen-bond donors (Lipinski definition) is 1. The van der Waals surface area contributed by atoms with Crippen LogP contribution in [0.15, 0.2) is 0 Å². The molecule has 0 bridgehead atoms. The molecule has 0 aromatic rings. The first kappa shape index (κ1) is 11.9. The fraction of sp³-hybridized carbons (Fsp3) is 1.00. The maximum atomic E-state index is 5.66. The minimum Gasteiger partial charge on any atom is -0.377 e. The molecule has 0 rings (SSSR count). The number of rotatable bonds is 7. The lowest BCUT2D eigenvalue weighted by Gasteiger charge is -2.17. The van der Waals surface area contributed by atoms with Crippen LogP contribution >= 0.6 is 0 Å². The molecule has 0 aromatic heterocycles. The summed E-state index contributed by atoms with van der Waals surface area (Å²) in [5.41, 5.74) is 0. The SMILES string of the molecule is CCCC(C)OCC(CC)NC. The molecule has 0 aliphatic heterocycles. The van der Waals surface area contributed by atoms with E-state index < -0.39 is 0 Å². The Labute approximate surface area is 76.7 Å². The minimum absolute atomic E-state index is 0.414. The molecule has 2 atom stereocenters. The van der Waals surface area contributed by atoms with Gasteiger partial charge in [0.1, 0.15) is 0 Å². The molecule has 0 saturated carbocycles. The second-order valence-electron chi connectivity index (χ2n) is 3.33. The first-order valence-corrected chi connectivity index (χ1v) is 5.03. The Morgan fingerprint density at radius 1 is 1.33 bits per heavy atom. The van der Waals surface area contributed by atoms with E-state index in [0.29, 0.717) is 12.1 Å². The van der Waals surface area contributed by atoms with Gasteiger partial charge < -0.3 is 10.1 Å². The highest BCUT2D eigenvalue weighted by atomic mass is 16.5. The van der Waals surface area contributed by atoms with Crippen LogP contribution in [0.5, 0.6) is 0 Å². The predicted octanol–water partition coefficient (Wildman–Crippen LogP) is 2.19. The number of hydrogen-bond acceptors (Lipinski definition) is 2. The van der Waals surface area contributed by atoms with Gasteiger partial charge >= 0.3 is 0 Å². The normalized spacial score (nSPS) is 16.0. The van der Waals surface area contributed by atoms with Gasteiger partial charge in [-0.3, -0.25) is 0 Å². The summed E-state index contributed by atoms with van der Waals surface area (Å²) in [6, 6.07) is 0.518. The van der Waals surface area contributed by atoms with E-state index >= 15 is 0 Å². The van der Waals surface area contributed by atoms with Crippen molar-refractivity contribution in [2.24, 2.45) is 0 Å². The lowest BCUT2D eigenvalue weighted by Crippen LogP contribution is -2.31. The van der Waals surface area contributed by atoms with E-state index in [1.54, 1.807) is 0 Å². The quantitative estimate of drug-likeness (QED) is 0.637. The van der Waals surface area contributed by atoms with E-state index in [1.807, 2.05) is 7.05 Å². The fourth-order valence-electron chi connectivity index (χ4n) is 1.18. The van der Waals surface area contributed by atoms with Crippen LogP contribution in [0.2, 0.25) is 0 Å². The maximum absolute atomic E-state index is 5.66. The summed E-state index contributed by atoms with van der Waals surface area (Å²) in [5.74, 6) is 0. The van der Waals surface area contributed by atoms with Gasteiger partial charge in [-0.05, 0) is 26.8 Å². The van der Waals surface area contributed by atoms with Gasteiger partial charge in [0.2, 0.25) is 0 Å². The van der Waals surface area contributed by atoms with E-state index in [4.69, 9.17) is 4.74 Å². The number of ether oxygens (including phenoxy) is 1. The molecule has 0 radical (unpaired) electrons. The van der Waals surface area contributed by atoms with Crippen molar-refractivity contribution in [1.29, 1.82) is 0 Å². The molecule has 0 spiro atoms. The van der Waals surface area contributed by atoms with Gasteiger partial charge in [-0.15, -0.1) is 0 Å². The van der Waals surface area contributed by atoms with Crippen LogP contribution in [0, 0.1) is 0 Å². The first-order chi connectivity index (χ1) is 5.74. The minimum atomic E-state index is 0.414. The largest absolute Gasteiger partial charge is 0.377 e. The van der Waals surface area contributed by atoms with Crippen molar-refractivity contribution in [2.75, 3.05) is 13.7 Å². The average Bonchev–Trinajstić information content (AvgIpc) is 2.07. The Hall–Kier alpha value is -0.0800. The zero-order valence-corrected chi connectivity index (χ0v) is 8.89. The van der Waals surface area contributed by atoms with E-state index in [1.165, 1.54) is 12.8 Å². The first-order valence-electron chi connectivity index (χ1n) is 5.03. The Morgan fingerprint density at radius 2 is 2.00 bits per heavy atom. The smallest absolute Gasteiger partial charge is 0.0623 e. The van der Waals surface area contributed by atoms with Crippen molar-refractivity contribution >= 4 is 0 Å². The molecule has 2 nitrogen and oxygen atoms in total. The highest BCUT2D eigenvalue weighted by Crippen LogP contribution is 2.02. The van der Waals surface area contributed by atoms with Crippen LogP contribution < -0.4 is 5.32 Å². The monoisotopic (exact) mass is 173 g/mol. The van der Waals surface area contributed by atoms with Crippen LogP contribution in [-0.4, -0.2) is 25.8 Å². The molecule has 0 saturated heterocycles. The maximum Gasteiger partial charge on any atom is 0.0623 e. The molecule has 0 fully saturated rings. The van der Waals surface area contributed by atoms with Crippen molar-refractivity contribution in [3.63, 3.8) is 0 Å². The summed E-state index contributed by atoms with van der Waals surface area (Å²) >= 11 is 0. The van der Waals surface area contributed by atoms with Gasteiger partial charge in [0.25, 0.3) is 0 Å². The van der Waals surface area contributed by atoms with Crippen LogP contribution in [-0.2, 0) is 4.74 Å². The summed E-state index contributed by atoms with van der Waals surface area (Å²) in [4.78, 5) is 0. The lowest BCUT2D eigenvalue weighted by atomic mass is 10.2. The predicted molar refractivity (Wildman–Crippen MR) is 53.5 cm³/mol. The zero-order valence-electron chi connectivity index (χ0n) is 8.89. The molecular formula is C10H23NO. The molecule has 0 amide bonds. The van der Waals surface area contributed by atoms with Gasteiger partial charge in [-0.25, -0.2) is 0 Å². The van der Waals surface area contributed by atoms with Gasteiger partial charge in [0.05, 0.1) is 12.7 Å². The molecule has 1 N–H and O–H groups in total. The molecule has 0 aliphatic carbocycles. The summed E-state index contributed by atoms with van der Waals surface area (Å²) in [6.07, 6.45) is 3.92. The average molecular weight is 173 g/mol. The molecule has 12 heavy (non-hydrogen) atoms. The summed E-state index contributed by atoms with van der Waals surface area (Å²) in [7, 11) is 1.99. The molecule has 0 heterocycles. The van der Waals surface area contributed by atoms with Gasteiger partial charge in [0, 0.05) is 6.04 Å². The van der Waals surface area contributed by atoms with Crippen LogP contribution in [0.1, 0.15) is 40.0 Å². The van der Waals surface area contributed by atoms with E-state index in [9.17, 15) is 0 Å². The Balaban J connectivity index is 3.37. The third-order valence-electron chi connectivity index (χ3n) is 2.18. The highest BCUT2D eigenvalue weighted by Gasteiger charge is 2.05. The van der Waals surface area contributed by atoms with Gasteiger partial charge in [-0.2, -0.15) is 0 Å². The Morgan fingerprint density at radius 3 is 2.42 bits per heavy atom. The van der Waals surface area contributed by atoms with Gasteiger partial charge in [0.15, 0.2) is 0 Å². The highest BCUT2D eigenvalue weighted by molar-refractivity contribution is 4.61. The van der Waals surface area contributed by atoms with E-state index in [0.717, 1.165) is 13.0 Å². The molecule has 2 heteroatoms. The molecule has 74 valence electrons. The number of likely N-dealkylation sites (N-methyl/N-ethyl adjacent to an activating group) is 1. The molecular weight excluding hydrogens is 150 g/mol. The van der Waals surface area contributed by atoms with Gasteiger partial charge in [-0.1, -0.05) is 20.3 Å². The summed E-state index contributed by atoms with van der Waals surface area (Å²) in [6.45, 7) is 7.35. The van der Waals surface area contributed by atoms with Crippen LogP contribution in [0.3, 0.4) is 0 Å². The standard InChI is InChI=1S/C10H23NO/c1-5-7-9(3)12-8-10(6-2)11-4/h9-11H,5-8H2,1-4H3. The lowest BCUT2D eigenvalue weighted by molar-refractivity contribution is 0.0449. The third-order valence-corrected chi connectivity index (χ3v) is 2.18. The van der Waals surface area contributed by atoms with Crippen molar-refractivity contribution in [3.05, 3.63) is 0 Å².